The Morgan fingerprint density at radius 1 is 1.35 bits per heavy atom. The van der Waals surface area contributed by atoms with Gasteiger partial charge in [-0.15, -0.1) is 0 Å². The number of likely N-dealkylation sites (N-methyl/N-ethyl adjacent to an activating group) is 1. The van der Waals surface area contributed by atoms with E-state index in [1.54, 1.807) is 18.2 Å². The van der Waals surface area contributed by atoms with E-state index >= 15 is 0 Å². The number of carbonyl (C=O) groups is 2. The number of hydrogen-bond donors (Lipinski definition) is 0. The molecule has 4 heteroatoms. The second kappa shape index (κ2) is 6.07. The Hall–Kier alpha value is -1.84. The minimum atomic E-state index is 0.0293. The third kappa shape index (κ3) is 3.38. The van der Waals surface area contributed by atoms with E-state index in [0.717, 1.165) is 24.9 Å². The predicted octanol–water partition coefficient (Wildman–Crippen LogP) is 2.59. The minimum absolute atomic E-state index is 0.0293. The molecule has 1 aromatic carbocycles. The van der Waals surface area contributed by atoms with Gasteiger partial charge in [-0.05, 0) is 57.4 Å². The number of carbonyl (C=O) groups excluding carboxylic acids is 2. The molecule has 0 atom stereocenters. The average Bonchev–Trinajstić information content (AvgIpc) is 3.22. The lowest BCUT2D eigenvalue weighted by Gasteiger charge is -2.20. The standard InChI is InChI=1S/C16H21NO3/c1-4-17(14-6-7-14)16(19)10-20-15-8-5-13(12(3)18)9-11(15)2/h5,8-9,14H,4,6-7,10H2,1-3H3. The summed E-state index contributed by atoms with van der Waals surface area (Å²) in [7, 11) is 0. The number of nitrogens with zero attached hydrogens (tertiary/aromatic N) is 1. The van der Waals surface area contributed by atoms with Gasteiger partial charge in [0.25, 0.3) is 5.91 Å². The molecule has 1 aliphatic rings. The van der Waals surface area contributed by atoms with Crippen molar-refractivity contribution in [1.29, 1.82) is 0 Å². The summed E-state index contributed by atoms with van der Waals surface area (Å²) in [5, 5.41) is 0. The number of Topliss-reactive ketones (excluding diaryl/α,β-unsaturated/α-hetero) is 1. The smallest absolute Gasteiger partial charge is 0.260 e. The lowest BCUT2D eigenvalue weighted by atomic mass is 10.1. The minimum Gasteiger partial charge on any atom is -0.483 e. The topological polar surface area (TPSA) is 46.6 Å². The fraction of sp³-hybridized carbons (Fsp3) is 0.500. The summed E-state index contributed by atoms with van der Waals surface area (Å²) in [5.74, 6) is 0.724. The highest BCUT2D eigenvalue weighted by atomic mass is 16.5. The maximum absolute atomic E-state index is 12.1. The van der Waals surface area contributed by atoms with Gasteiger partial charge >= 0.3 is 0 Å². The Balaban J connectivity index is 1.96. The Labute approximate surface area is 119 Å². The third-order valence-corrected chi connectivity index (χ3v) is 3.58. The summed E-state index contributed by atoms with van der Waals surface area (Å²) in [6.07, 6.45) is 2.21. The number of ketones is 1. The molecule has 0 unspecified atom stereocenters. The number of benzene rings is 1. The van der Waals surface area contributed by atoms with E-state index in [9.17, 15) is 9.59 Å². The van der Waals surface area contributed by atoms with E-state index in [1.807, 2.05) is 18.7 Å². The zero-order valence-corrected chi connectivity index (χ0v) is 12.3. The lowest BCUT2D eigenvalue weighted by Crippen LogP contribution is -2.36. The molecule has 0 saturated heterocycles. The molecule has 0 aromatic heterocycles. The Morgan fingerprint density at radius 2 is 2.05 bits per heavy atom. The molecular weight excluding hydrogens is 254 g/mol. The SMILES string of the molecule is CCN(C(=O)COc1ccc(C(C)=O)cc1C)C1CC1. The molecule has 0 bridgehead atoms. The largest absolute Gasteiger partial charge is 0.483 e. The summed E-state index contributed by atoms with van der Waals surface area (Å²) in [5.41, 5.74) is 1.54. The van der Waals surface area contributed by atoms with Crippen molar-refractivity contribution in [1.82, 2.24) is 4.90 Å². The molecule has 1 amide bonds. The van der Waals surface area contributed by atoms with Crippen LogP contribution in [-0.2, 0) is 4.79 Å². The van der Waals surface area contributed by atoms with Gasteiger partial charge in [-0.2, -0.15) is 0 Å². The van der Waals surface area contributed by atoms with Crippen molar-refractivity contribution in [3.8, 4) is 5.75 Å². The van der Waals surface area contributed by atoms with Crippen LogP contribution in [0.3, 0.4) is 0 Å². The molecule has 108 valence electrons. The van der Waals surface area contributed by atoms with Crippen molar-refractivity contribution in [2.24, 2.45) is 0 Å². The van der Waals surface area contributed by atoms with Gasteiger partial charge in [-0.25, -0.2) is 0 Å². The van der Waals surface area contributed by atoms with E-state index < -0.39 is 0 Å². The van der Waals surface area contributed by atoms with Gasteiger partial charge in [0.05, 0.1) is 0 Å². The number of rotatable bonds is 6. The Kier molecular flexibility index (Phi) is 4.42. The normalized spacial score (nSPS) is 13.9. The van der Waals surface area contributed by atoms with Crippen LogP contribution in [0.2, 0.25) is 0 Å². The highest BCUT2D eigenvalue weighted by Crippen LogP contribution is 2.27. The quantitative estimate of drug-likeness (QED) is 0.750. The first-order valence-corrected chi connectivity index (χ1v) is 7.06. The van der Waals surface area contributed by atoms with Crippen molar-refractivity contribution in [2.45, 2.75) is 39.7 Å². The van der Waals surface area contributed by atoms with Gasteiger partial charge in [0.2, 0.25) is 0 Å². The fourth-order valence-corrected chi connectivity index (χ4v) is 2.28. The molecule has 4 nitrogen and oxygen atoms in total. The van der Waals surface area contributed by atoms with Gasteiger partial charge in [-0.1, -0.05) is 0 Å². The zero-order valence-electron chi connectivity index (χ0n) is 12.3. The van der Waals surface area contributed by atoms with Gasteiger partial charge in [0.1, 0.15) is 5.75 Å². The summed E-state index contributed by atoms with van der Waals surface area (Å²) in [6.45, 7) is 6.20. The van der Waals surface area contributed by atoms with Crippen molar-refractivity contribution in [2.75, 3.05) is 13.2 Å². The number of aryl methyl sites for hydroxylation is 1. The molecule has 1 fully saturated rings. The Bertz CT molecular complexity index is 520. The van der Waals surface area contributed by atoms with Crippen molar-refractivity contribution in [3.63, 3.8) is 0 Å². The molecule has 1 saturated carbocycles. The first kappa shape index (κ1) is 14.6. The molecule has 20 heavy (non-hydrogen) atoms. The van der Waals surface area contributed by atoms with E-state index in [2.05, 4.69) is 0 Å². The number of hydrogen-bond acceptors (Lipinski definition) is 3. The van der Waals surface area contributed by atoms with Gasteiger partial charge in [0, 0.05) is 18.2 Å². The van der Waals surface area contributed by atoms with Crippen molar-refractivity contribution in [3.05, 3.63) is 29.3 Å². The third-order valence-electron chi connectivity index (χ3n) is 3.58. The van der Waals surface area contributed by atoms with Crippen LogP contribution in [0.15, 0.2) is 18.2 Å². The molecule has 1 aromatic rings. The number of amides is 1. The molecule has 2 rings (SSSR count). The van der Waals surface area contributed by atoms with E-state index in [1.165, 1.54) is 6.92 Å². The summed E-state index contributed by atoms with van der Waals surface area (Å²) < 4.78 is 5.59. The van der Waals surface area contributed by atoms with Crippen molar-refractivity contribution < 1.29 is 14.3 Å². The molecule has 0 radical (unpaired) electrons. The van der Waals surface area contributed by atoms with Crippen LogP contribution in [0.4, 0.5) is 0 Å². The van der Waals surface area contributed by atoms with Gasteiger partial charge in [0.15, 0.2) is 12.4 Å². The molecule has 0 heterocycles. The lowest BCUT2D eigenvalue weighted by molar-refractivity contribution is -0.133. The summed E-state index contributed by atoms with van der Waals surface area (Å²) in [4.78, 5) is 25.2. The molecule has 0 spiro atoms. The van der Waals surface area contributed by atoms with Crippen LogP contribution in [0.25, 0.3) is 0 Å². The highest BCUT2D eigenvalue weighted by Gasteiger charge is 2.31. The Morgan fingerprint density at radius 3 is 2.55 bits per heavy atom. The monoisotopic (exact) mass is 275 g/mol. The average molecular weight is 275 g/mol. The second-order valence-corrected chi connectivity index (χ2v) is 5.24. The maximum atomic E-state index is 12.1. The summed E-state index contributed by atoms with van der Waals surface area (Å²) in [6, 6.07) is 5.69. The van der Waals surface area contributed by atoms with Crippen LogP contribution in [0, 0.1) is 6.92 Å². The fourth-order valence-electron chi connectivity index (χ4n) is 2.28. The predicted molar refractivity (Wildman–Crippen MR) is 77.1 cm³/mol. The van der Waals surface area contributed by atoms with Crippen LogP contribution in [0.5, 0.6) is 5.75 Å². The van der Waals surface area contributed by atoms with Gasteiger partial charge < -0.3 is 9.64 Å². The highest BCUT2D eigenvalue weighted by molar-refractivity contribution is 5.94. The van der Waals surface area contributed by atoms with E-state index in [0.29, 0.717) is 17.4 Å². The zero-order chi connectivity index (χ0) is 14.7. The van der Waals surface area contributed by atoms with Crippen LogP contribution in [-0.4, -0.2) is 35.8 Å². The molecular formula is C16H21NO3. The maximum Gasteiger partial charge on any atom is 0.260 e. The van der Waals surface area contributed by atoms with E-state index in [4.69, 9.17) is 4.74 Å². The second-order valence-electron chi connectivity index (χ2n) is 5.24. The van der Waals surface area contributed by atoms with Crippen LogP contribution >= 0.6 is 0 Å². The number of ether oxygens (including phenoxy) is 1. The molecule has 0 N–H and O–H groups in total. The van der Waals surface area contributed by atoms with Crippen LogP contribution < -0.4 is 4.74 Å². The first-order valence-electron chi connectivity index (χ1n) is 7.06. The van der Waals surface area contributed by atoms with Crippen LogP contribution in [0.1, 0.15) is 42.6 Å². The van der Waals surface area contributed by atoms with Gasteiger partial charge in [-0.3, -0.25) is 9.59 Å². The summed E-state index contributed by atoms with van der Waals surface area (Å²) >= 11 is 0. The van der Waals surface area contributed by atoms with E-state index in [-0.39, 0.29) is 18.3 Å². The first-order chi connectivity index (χ1) is 9.52. The molecule has 1 aliphatic carbocycles. The molecule has 0 aliphatic heterocycles. The van der Waals surface area contributed by atoms with Crippen molar-refractivity contribution >= 4 is 11.7 Å².